The minimum absolute atomic E-state index is 0.557. The topological polar surface area (TPSA) is 29.9 Å². The molecule has 0 radical (unpaired) electrons. The normalized spacial score (nSPS) is 23.9. The zero-order valence-electron chi connectivity index (χ0n) is 14.3. The summed E-state index contributed by atoms with van der Waals surface area (Å²) in [4.78, 5) is 0. The van der Waals surface area contributed by atoms with Gasteiger partial charge in [0.05, 0.1) is 11.7 Å². The van der Waals surface area contributed by atoms with Crippen LogP contribution in [0.15, 0.2) is 12.3 Å². The molecule has 0 aliphatic heterocycles. The molecule has 0 amide bonds. The van der Waals surface area contributed by atoms with Crippen molar-refractivity contribution in [2.75, 3.05) is 6.54 Å². The third-order valence-electron chi connectivity index (χ3n) is 5.32. The highest BCUT2D eigenvalue weighted by molar-refractivity contribution is 5.04. The molecule has 2 rings (SSSR count). The Labute approximate surface area is 130 Å². The lowest BCUT2D eigenvalue weighted by molar-refractivity contribution is 0.296. The van der Waals surface area contributed by atoms with E-state index in [2.05, 4.69) is 50.0 Å². The lowest BCUT2D eigenvalue weighted by Gasteiger charge is -2.27. The smallest absolute Gasteiger partial charge is 0.0640 e. The van der Waals surface area contributed by atoms with Gasteiger partial charge in [-0.2, -0.15) is 5.10 Å². The Bertz CT molecular complexity index is 408. The predicted molar refractivity (Wildman–Crippen MR) is 89.5 cm³/mol. The molecule has 3 unspecified atom stereocenters. The molecule has 0 spiro atoms. The van der Waals surface area contributed by atoms with Gasteiger partial charge in [0.25, 0.3) is 0 Å². The molecule has 3 atom stereocenters. The standard InChI is InChI=1S/C18H33N3/c1-5-16(6-2)21-12-11-15(20-21)13-18(19-7-3)17-10-8-9-14(17)4/h11-12,14,16-19H,5-10,13H2,1-4H3. The molecule has 3 nitrogen and oxygen atoms in total. The van der Waals surface area contributed by atoms with Crippen LogP contribution in [0.25, 0.3) is 0 Å². The molecule has 1 saturated carbocycles. The van der Waals surface area contributed by atoms with Gasteiger partial charge < -0.3 is 5.32 Å². The number of hydrogen-bond acceptors (Lipinski definition) is 2. The molecule has 0 aromatic carbocycles. The van der Waals surface area contributed by atoms with Gasteiger partial charge in [0.15, 0.2) is 0 Å². The SMILES string of the molecule is CCNC(Cc1ccn(C(CC)CC)n1)C1CCCC1C. The molecule has 21 heavy (non-hydrogen) atoms. The van der Waals surface area contributed by atoms with Crippen molar-refractivity contribution in [3.05, 3.63) is 18.0 Å². The molecule has 120 valence electrons. The number of hydrogen-bond donors (Lipinski definition) is 1. The van der Waals surface area contributed by atoms with Crippen LogP contribution < -0.4 is 5.32 Å². The van der Waals surface area contributed by atoms with Gasteiger partial charge in [-0.05, 0) is 43.7 Å². The average molecular weight is 291 g/mol. The third kappa shape index (κ3) is 4.09. The van der Waals surface area contributed by atoms with Crippen molar-refractivity contribution in [1.29, 1.82) is 0 Å². The maximum Gasteiger partial charge on any atom is 0.0640 e. The van der Waals surface area contributed by atoms with E-state index in [1.165, 1.54) is 25.0 Å². The van der Waals surface area contributed by atoms with E-state index < -0.39 is 0 Å². The summed E-state index contributed by atoms with van der Waals surface area (Å²) in [5, 5.41) is 8.57. The second-order valence-electron chi connectivity index (χ2n) is 6.70. The summed E-state index contributed by atoms with van der Waals surface area (Å²) in [7, 11) is 0. The quantitative estimate of drug-likeness (QED) is 0.778. The first-order valence-corrected chi connectivity index (χ1v) is 8.96. The summed E-state index contributed by atoms with van der Waals surface area (Å²) in [5.74, 6) is 1.68. The molecule has 1 aliphatic rings. The van der Waals surface area contributed by atoms with Crippen molar-refractivity contribution in [3.63, 3.8) is 0 Å². The Morgan fingerprint density at radius 1 is 1.29 bits per heavy atom. The fraction of sp³-hybridized carbons (Fsp3) is 0.833. The fourth-order valence-electron chi connectivity index (χ4n) is 3.99. The second-order valence-corrected chi connectivity index (χ2v) is 6.70. The van der Waals surface area contributed by atoms with E-state index in [0.29, 0.717) is 12.1 Å². The summed E-state index contributed by atoms with van der Waals surface area (Å²) >= 11 is 0. The number of aromatic nitrogens is 2. The Kier molecular flexibility index (Phi) is 6.28. The van der Waals surface area contributed by atoms with Crippen molar-refractivity contribution < 1.29 is 0 Å². The predicted octanol–water partition coefficient (Wildman–Crippen LogP) is 4.20. The van der Waals surface area contributed by atoms with Crippen LogP contribution in [-0.4, -0.2) is 22.4 Å². The molecule has 1 aliphatic carbocycles. The first-order valence-electron chi connectivity index (χ1n) is 8.96. The molecule has 0 saturated heterocycles. The Morgan fingerprint density at radius 2 is 2.05 bits per heavy atom. The summed E-state index contributed by atoms with van der Waals surface area (Å²) in [5.41, 5.74) is 1.26. The Morgan fingerprint density at radius 3 is 2.62 bits per heavy atom. The van der Waals surface area contributed by atoms with E-state index in [1.807, 2.05) is 0 Å². The monoisotopic (exact) mass is 291 g/mol. The van der Waals surface area contributed by atoms with Crippen LogP contribution in [0.2, 0.25) is 0 Å². The molecule has 1 fully saturated rings. The van der Waals surface area contributed by atoms with E-state index in [1.54, 1.807) is 0 Å². The van der Waals surface area contributed by atoms with Gasteiger partial charge in [-0.3, -0.25) is 4.68 Å². The van der Waals surface area contributed by atoms with E-state index in [-0.39, 0.29) is 0 Å². The van der Waals surface area contributed by atoms with Crippen molar-refractivity contribution >= 4 is 0 Å². The van der Waals surface area contributed by atoms with Crippen LogP contribution >= 0.6 is 0 Å². The zero-order valence-corrected chi connectivity index (χ0v) is 14.3. The second kappa shape index (κ2) is 7.98. The average Bonchev–Trinajstić information content (AvgIpc) is 3.09. The van der Waals surface area contributed by atoms with E-state index >= 15 is 0 Å². The third-order valence-corrected chi connectivity index (χ3v) is 5.32. The number of likely N-dealkylation sites (N-methyl/N-ethyl adjacent to an activating group) is 1. The van der Waals surface area contributed by atoms with Crippen LogP contribution in [-0.2, 0) is 6.42 Å². The van der Waals surface area contributed by atoms with E-state index in [9.17, 15) is 0 Å². The fourth-order valence-corrected chi connectivity index (χ4v) is 3.99. The molecular weight excluding hydrogens is 258 g/mol. The van der Waals surface area contributed by atoms with Crippen LogP contribution in [0.4, 0.5) is 0 Å². The summed E-state index contributed by atoms with van der Waals surface area (Å²) in [6.45, 7) is 10.2. The Hall–Kier alpha value is -0.830. The molecule has 0 bridgehead atoms. The maximum absolute atomic E-state index is 4.85. The lowest BCUT2D eigenvalue weighted by Crippen LogP contribution is -2.39. The van der Waals surface area contributed by atoms with Crippen LogP contribution in [0, 0.1) is 11.8 Å². The summed E-state index contributed by atoms with van der Waals surface area (Å²) < 4.78 is 2.18. The highest BCUT2D eigenvalue weighted by atomic mass is 15.3. The largest absolute Gasteiger partial charge is 0.314 e. The lowest BCUT2D eigenvalue weighted by atomic mass is 9.87. The molecule has 3 heteroatoms. The molecule has 1 aromatic rings. The highest BCUT2D eigenvalue weighted by Crippen LogP contribution is 2.34. The highest BCUT2D eigenvalue weighted by Gasteiger charge is 2.30. The minimum Gasteiger partial charge on any atom is -0.314 e. The minimum atomic E-state index is 0.557. The molecule has 1 heterocycles. The maximum atomic E-state index is 4.85. The van der Waals surface area contributed by atoms with Gasteiger partial charge in [-0.25, -0.2) is 0 Å². The summed E-state index contributed by atoms with van der Waals surface area (Å²) in [6, 6.07) is 3.38. The molecule has 1 N–H and O–H groups in total. The zero-order chi connectivity index (χ0) is 15.2. The van der Waals surface area contributed by atoms with Crippen molar-refractivity contribution in [2.45, 2.75) is 78.3 Å². The van der Waals surface area contributed by atoms with Crippen molar-refractivity contribution in [2.24, 2.45) is 11.8 Å². The van der Waals surface area contributed by atoms with Crippen molar-refractivity contribution in [1.82, 2.24) is 15.1 Å². The Balaban J connectivity index is 2.03. The van der Waals surface area contributed by atoms with Gasteiger partial charge in [-0.15, -0.1) is 0 Å². The first kappa shape index (κ1) is 16.5. The number of nitrogens with one attached hydrogen (secondary N) is 1. The van der Waals surface area contributed by atoms with Crippen molar-refractivity contribution in [3.8, 4) is 0 Å². The number of rotatable bonds is 8. The van der Waals surface area contributed by atoms with Gasteiger partial charge >= 0.3 is 0 Å². The van der Waals surface area contributed by atoms with Crippen LogP contribution in [0.3, 0.4) is 0 Å². The summed E-state index contributed by atoms with van der Waals surface area (Å²) in [6.07, 6.45) is 9.75. The van der Waals surface area contributed by atoms with Crippen LogP contribution in [0.5, 0.6) is 0 Å². The van der Waals surface area contributed by atoms with E-state index in [4.69, 9.17) is 5.10 Å². The molecular formula is C18H33N3. The van der Waals surface area contributed by atoms with Gasteiger partial charge in [-0.1, -0.05) is 40.5 Å². The van der Waals surface area contributed by atoms with Gasteiger partial charge in [0.2, 0.25) is 0 Å². The van der Waals surface area contributed by atoms with Crippen LogP contribution in [0.1, 0.15) is 71.5 Å². The van der Waals surface area contributed by atoms with E-state index in [0.717, 1.165) is 37.6 Å². The molecule has 1 aromatic heterocycles. The van der Waals surface area contributed by atoms with Gasteiger partial charge in [0, 0.05) is 18.7 Å². The van der Waals surface area contributed by atoms with Gasteiger partial charge in [0.1, 0.15) is 0 Å². The number of nitrogens with zero attached hydrogens (tertiary/aromatic N) is 2. The first-order chi connectivity index (χ1) is 10.2.